The lowest BCUT2D eigenvalue weighted by molar-refractivity contribution is -0.142. The normalized spacial score (nSPS) is 26.1. The number of aliphatic imine (C=N–C) groups is 1. The summed E-state index contributed by atoms with van der Waals surface area (Å²) in [5, 5.41) is 3.38. The molecule has 0 aromatic rings. The van der Waals surface area contributed by atoms with Gasteiger partial charge in [-0.2, -0.15) is 0 Å². The van der Waals surface area contributed by atoms with Crippen LogP contribution in [0.1, 0.15) is 32.6 Å². The molecule has 160 valence electrons. The van der Waals surface area contributed by atoms with Gasteiger partial charge < -0.3 is 29.3 Å². The molecule has 0 aliphatic carbocycles. The number of hydrogen-bond acceptors (Lipinski definition) is 5. The zero-order valence-corrected chi connectivity index (χ0v) is 17.2. The number of carbonyl (C=O) groups excluding carboxylic acids is 1. The van der Waals surface area contributed by atoms with Crippen LogP contribution in [0.25, 0.3) is 0 Å². The van der Waals surface area contributed by atoms with Gasteiger partial charge >= 0.3 is 0 Å². The van der Waals surface area contributed by atoms with Gasteiger partial charge in [-0.05, 0) is 32.6 Å². The highest BCUT2D eigenvalue weighted by atomic mass is 16.5. The van der Waals surface area contributed by atoms with Crippen molar-refractivity contribution in [3.63, 3.8) is 0 Å². The minimum absolute atomic E-state index is 0.156. The Morgan fingerprint density at radius 2 is 2.00 bits per heavy atom. The fraction of sp³-hybridized carbons (Fsp3) is 0.900. The van der Waals surface area contributed by atoms with Gasteiger partial charge in [0.1, 0.15) is 6.10 Å². The molecule has 8 nitrogen and oxygen atoms in total. The number of nitrogens with zero attached hydrogens (tertiary/aromatic N) is 3. The molecular formula is C20H36N4O4. The Balaban J connectivity index is 1.35. The lowest BCUT2D eigenvalue weighted by Gasteiger charge is -2.37. The van der Waals surface area contributed by atoms with E-state index in [4.69, 9.17) is 19.2 Å². The van der Waals surface area contributed by atoms with Gasteiger partial charge in [0, 0.05) is 65.0 Å². The summed E-state index contributed by atoms with van der Waals surface area (Å²) < 4.78 is 16.7. The van der Waals surface area contributed by atoms with Crippen molar-refractivity contribution in [2.45, 2.75) is 38.7 Å². The third-order valence-electron chi connectivity index (χ3n) is 5.52. The third kappa shape index (κ3) is 6.32. The van der Waals surface area contributed by atoms with E-state index in [1.807, 2.05) is 4.90 Å². The van der Waals surface area contributed by atoms with E-state index in [0.717, 1.165) is 97.3 Å². The average molecular weight is 397 g/mol. The molecule has 0 radical (unpaired) electrons. The topological polar surface area (TPSA) is 75.6 Å². The van der Waals surface area contributed by atoms with Crippen LogP contribution in [0.2, 0.25) is 0 Å². The van der Waals surface area contributed by atoms with Gasteiger partial charge in [-0.15, -0.1) is 0 Å². The smallest absolute Gasteiger partial charge is 0.251 e. The van der Waals surface area contributed by atoms with E-state index in [9.17, 15) is 4.79 Å². The first-order valence-electron chi connectivity index (χ1n) is 10.9. The molecule has 3 fully saturated rings. The summed E-state index contributed by atoms with van der Waals surface area (Å²) in [6.07, 6.45) is 3.67. The molecule has 8 heteroatoms. The second-order valence-corrected chi connectivity index (χ2v) is 7.71. The second kappa shape index (κ2) is 11.6. The van der Waals surface area contributed by atoms with Gasteiger partial charge in [0.05, 0.1) is 13.2 Å². The first-order chi connectivity index (χ1) is 13.8. The summed E-state index contributed by atoms with van der Waals surface area (Å²) in [7, 11) is 0. The Morgan fingerprint density at radius 3 is 2.68 bits per heavy atom. The Bertz CT molecular complexity index is 496. The molecule has 0 saturated carbocycles. The number of nitrogens with one attached hydrogen (secondary N) is 1. The Labute approximate surface area is 168 Å². The largest absolute Gasteiger partial charge is 0.381 e. The summed E-state index contributed by atoms with van der Waals surface area (Å²) in [5.74, 6) is 1.66. The monoisotopic (exact) mass is 396 g/mol. The van der Waals surface area contributed by atoms with Crippen molar-refractivity contribution in [2.24, 2.45) is 10.9 Å². The minimum atomic E-state index is -0.218. The van der Waals surface area contributed by atoms with Gasteiger partial charge in [-0.3, -0.25) is 9.79 Å². The van der Waals surface area contributed by atoms with Crippen LogP contribution in [0.4, 0.5) is 0 Å². The molecule has 3 rings (SSSR count). The van der Waals surface area contributed by atoms with Crippen molar-refractivity contribution >= 4 is 11.9 Å². The van der Waals surface area contributed by atoms with Crippen LogP contribution in [-0.4, -0.2) is 100 Å². The quantitative estimate of drug-likeness (QED) is 0.370. The standard InChI is InChI=1S/C20H36N4O4/c1-2-21-20(22-7-4-12-26-15-17-6-14-27-16-17)24-10-8-23(9-11-24)19(25)18-5-3-13-28-18/h17-18H,2-16H2,1H3,(H,21,22). The minimum Gasteiger partial charge on any atom is -0.381 e. The number of carbonyl (C=O) groups is 1. The lowest BCUT2D eigenvalue weighted by atomic mass is 10.1. The Kier molecular flexibility index (Phi) is 8.82. The van der Waals surface area contributed by atoms with E-state index in [0.29, 0.717) is 12.5 Å². The molecule has 2 atom stereocenters. The first kappa shape index (κ1) is 21.3. The number of amides is 1. The average Bonchev–Trinajstić information content (AvgIpc) is 3.43. The second-order valence-electron chi connectivity index (χ2n) is 7.71. The highest BCUT2D eigenvalue weighted by molar-refractivity contribution is 5.82. The predicted octanol–water partition coefficient (Wildman–Crippen LogP) is 0.718. The van der Waals surface area contributed by atoms with Crippen molar-refractivity contribution in [1.29, 1.82) is 0 Å². The number of piperazine rings is 1. The highest BCUT2D eigenvalue weighted by Gasteiger charge is 2.30. The van der Waals surface area contributed by atoms with E-state index in [1.54, 1.807) is 0 Å². The van der Waals surface area contributed by atoms with Crippen molar-refractivity contribution in [1.82, 2.24) is 15.1 Å². The van der Waals surface area contributed by atoms with Gasteiger partial charge in [-0.1, -0.05) is 0 Å². The summed E-state index contributed by atoms with van der Waals surface area (Å²) >= 11 is 0. The predicted molar refractivity (Wildman–Crippen MR) is 107 cm³/mol. The molecule has 0 bridgehead atoms. The van der Waals surface area contributed by atoms with Crippen LogP contribution in [0.3, 0.4) is 0 Å². The number of rotatable bonds is 8. The maximum absolute atomic E-state index is 12.5. The summed E-state index contributed by atoms with van der Waals surface area (Å²) in [4.78, 5) is 21.4. The Morgan fingerprint density at radius 1 is 1.18 bits per heavy atom. The van der Waals surface area contributed by atoms with E-state index in [2.05, 4.69) is 17.1 Å². The maximum Gasteiger partial charge on any atom is 0.251 e. The molecule has 1 N–H and O–H groups in total. The first-order valence-corrected chi connectivity index (χ1v) is 10.9. The summed E-state index contributed by atoms with van der Waals surface area (Å²) in [6.45, 7) is 10.7. The Hall–Kier alpha value is -1.38. The molecule has 1 amide bonds. The van der Waals surface area contributed by atoms with Gasteiger partial charge in [-0.25, -0.2) is 0 Å². The van der Waals surface area contributed by atoms with E-state index in [-0.39, 0.29) is 12.0 Å². The number of hydrogen-bond donors (Lipinski definition) is 1. The van der Waals surface area contributed by atoms with Gasteiger partial charge in [0.2, 0.25) is 0 Å². The molecule has 3 saturated heterocycles. The molecule has 0 spiro atoms. The molecule has 3 aliphatic rings. The molecule has 28 heavy (non-hydrogen) atoms. The summed E-state index contributed by atoms with van der Waals surface area (Å²) in [6, 6.07) is 0. The summed E-state index contributed by atoms with van der Waals surface area (Å²) in [5.41, 5.74) is 0. The number of guanidine groups is 1. The number of ether oxygens (including phenoxy) is 3. The SMILES string of the molecule is CCNC(=NCCCOCC1CCOC1)N1CCN(C(=O)C2CCCO2)CC1. The lowest BCUT2D eigenvalue weighted by Crippen LogP contribution is -2.55. The van der Waals surface area contributed by atoms with Crippen molar-refractivity contribution in [3.05, 3.63) is 0 Å². The van der Waals surface area contributed by atoms with Gasteiger partial charge in [0.25, 0.3) is 5.91 Å². The van der Waals surface area contributed by atoms with E-state index < -0.39 is 0 Å². The van der Waals surface area contributed by atoms with Crippen molar-refractivity contribution < 1.29 is 19.0 Å². The van der Waals surface area contributed by atoms with Crippen molar-refractivity contribution in [3.8, 4) is 0 Å². The van der Waals surface area contributed by atoms with Crippen LogP contribution >= 0.6 is 0 Å². The van der Waals surface area contributed by atoms with Crippen LogP contribution in [-0.2, 0) is 19.0 Å². The zero-order valence-electron chi connectivity index (χ0n) is 17.2. The molecular weight excluding hydrogens is 360 g/mol. The molecule has 0 aromatic heterocycles. The van der Waals surface area contributed by atoms with Crippen LogP contribution in [0.5, 0.6) is 0 Å². The fourth-order valence-corrected chi connectivity index (χ4v) is 3.86. The van der Waals surface area contributed by atoms with Crippen LogP contribution in [0, 0.1) is 5.92 Å². The molecule has 0 aromatic carbocycles. The molecule has 3 aliphatic heterocycles. The van der Waals surface area contributed by atoms with Crippen molar-refractivity contribution in [2.75, 3.05) is 72.3 Å². The van der Waals surface area contributed by atoms with Gasteiger partial charge in [0.15, 0.2) is 5.96 Å². The molecule has 2 unspecified atom stereocenters. The van der Waals surface area contributed by atoms with Crippen LogP contribution < -0.4 is 5.32 Å². The van der Waals surface area contributed by atoms with E-state index in [1.165, 1.54) is 0 Å². The third-order valence-corrected chi connectivity index (χ3v) is 5.52. The van der Waals surface area contributed by atoms with Crippen LogP contribution in [0.15, 0.2) is 4.99 Å². The zero-order chi connectivity index (χ0) is 19.6. The fourth-order valence-electron chi connectivity index (χ4n) is 3.86. The highest BCUT2D eigenvalue weighted by Crippen LogP contribution is 2.16. The molecule has 3 heterocycles. The maximum atomic E-state index is 12.5. The van der Waals surface area contributed by atoms with E-state index >= 15 is 0 Å².